The molecule has 0 saturated carbocycles. The molecule has 0 atom stereocenters. The highest BCUT2D eigenvalue weighted by atomic mass is 16.3. The van der Waals surface area contributed by atoms with Gasteiger partial charge < -0.3 is 15.9 Å². The molecule has 0 spiro atoms. The summed E-state index contributed by atoms with van der Waals surface area (Å²) in [6.07, 6.45) is 3.59. The summed E-state index contributed by atoms with van der Waals surface area (Å²) in [5.41, 5.74) is 17.1. The normalized spacial score (nSPS) is 11.5. The molecular formula is C28H29N3O. The molecule has 0 aliphatic rings. The van der Waals surface area contributed by atoms with Crippen LogP contribution < -0.4 is 11.5 Å². The van der Waals surface area contributed by atoms with Crippen molar-refractivity contribution in [2.45, 2.75) is 25.8 Å². The van der Waals surface area contributed by atoms with Crippen LogP contribution in [0, 0.1) is 11.3 Å². The summed E-state index contributed by atoms with van der Waals surface area (Å²) in [6.45, 7) is 5.33. The van der Waals surface area contributed by atoms with Crippen LogP contribution in [0.2, 0.25) is 0 Å². The lowest BCUT2D eigenvalue weighted by Gasteiger charge is -2.23. The Hall–Kier alpha value is -3.65. The van der Waals surface area contributed by atoms with Gasteiger partial charge in [0.1, 0.15) is 5.58 Å². The number of hydrogen-bond donors (Lipinski definition) is 2. The van der Waals surface area contributed by atoms with E-state index in [1.165, 1.54) is 5.56 Å². The van der Waals surface area contributed by atoms with Crippen LogP contribution in [0.25, 0.3) is 22.6 Å². The SMILES string of the molecule is CC(C)(CN)c1ccc(/C(C#N)=C/c2ccc(CN)cc2)cc1.c1ccc2occc2c1. The van der Waals surface area contributed by atoms with Gasteiger partial charge in [-0.05, 0) is 40.5 Å². The minimum absolute atomic E-state index is 0.0624. The lowest BCUT2D eigenvalue weighted by molar-refractivity contribution is 0.539. The Morgan fingerprint density at radius 1 is 0.938 bits per heavy atom. The zero-order chi connectivity index (χ0) is 23.0. The molecule has 0 amide bonds. The number of para-hydroxylation sites is 1. The molecule has 0 fully saturated rings. The van der Waals surface area contributed by atoms with Gasteiger partial charge in [-0.1, -0.05) is 80.6 Å². The van der Waals surface area contributed by atoms with Gasteiger partial charge in [0.25, 0.3) is 0 Å². The molecule has 3 aromatic carbocycles. The monoisotopic (exact) mass is 423 g/mol. The molecule has 0 aliphatic heterocycles. The van der Waals surface area contributed by atoms with Crippen LogP contribution in [0.4, 0.5) is 0 Å². The van der Waals surface area contributed by atoms with E-state index in [2.05, 4.69) is 19.9 Å². The largest absolute Gasteiger partial charge is 0.464 e. The molecule has 0 unspecified atom stereocenters. The van der Waals surface area contributed by atoms with Gasteiger partial charge in [-0.25, -0.2) is 0 Å². The van der Waals surface area contributed by atoms with Gasteiger partial charge in [0.2, 0.25) is 0 Å². The van der Waals surface area contributed by atoms with Crippen molar-refractivity contribution in [3.63, 3.8) is 0 Å². The van der Waals surface area contributed by atoms with E-state index in [9.17, 15) is 5.26 Å². The maximum Gasteiger partial charge on any atom is 0.133 e. The first-order valence-corrected chi connectivity index (χ1v) is 10.6. The first-order chi connectivity index (χ1) is 15.5. The fourth-order valence-corrected chi connectivity index (χ4v) is 3.22. The quantitative estimate of drug-likeness (QED) is 0.310. The molecule has 4 heteroatoms. The summed E-state index contributed by atoms with van der Waals surface area (Å²) < 4.78 is 5.12. The summed E-state index contributed by atoms with van der Waals surface area (Å²) >= 11 is 0. The van der Waals surface area contributed by atoms with Crippen molar-refractivity contribution >= 4 is 22.6 Å². The number of rotatable bonds is 5. The van der Waals surface area contributed by atoms with Crippen molar-refractivity contribution in [2.75, 3.05) is 6.54 Å². The second-order valence-electron chi connectivity index (χ2n) is 8.24. The van der Waals surface area contributed by atoms with Crippen LogP contribution in [0.1, 0.15) is 36.1 Å². The molecule has 32 heavy (non-hydrogen) atoms. The number of nitrogens with zero attached hydrogens (tertiary/aromatic N) is 1. The van der Waals surface area contributed by atoms with Gasteiger partial charge in [0.15, 0.2) is 0 Å². The summed E-state index contributed by atoms with van der Waals surface area (Å²) in [5.74, 6) is 0. The van der Waals surface area contributed by atoms with E-state index in [0.717, 1.165) is 27.7 Å². The highest BCUT2D eigenvalue weighted by Crippen LogP contribution is 2.25. The van der Waals surface area contributed by atoms with Crippen LogP contribution in [-0.2, 0) is 12.0 Å². The van der Waals surface area contributed by atoms with Gasteiger partial charge in [-0.15, -0.1) is 0 Å². The van der Waals surface area contributed by atoms with Crippen molar-refractivity contribution in [1.82, 2.24) is 0 Å². The van der Waals surface area contributed by atoms with Crippen molar-refractivity contribution < 1.29 is 4.42 Å². The summed E-state index contributed by atoms with van der Waals surface area (Å²) in [6, 6.07) is 28.1. The molecule has 0 saturated heterocycles. The number of hydrogen-bond acceptors (Lipinski definition) is 4. The molecule has 0 bridgehead atoms. The van der Waals surface area contributed by atoms with Crippen LogP contribution >= 0.6 is 0 Å². The second kappa shape index (κ2) is 10.6. The zero-order valence-corrected chi connectivity index (χ0v) is 18.6. The molecule has 4 N–H and O–H groups in total. The first-order valence-electron chi connectivity index (χ1n) is 10.6. The van der Waals surface area contributed by atoms with E-state index in [0.29, 0.717) is 18.7 Å². The van der Waals surface area contributed by atoms with Crippen molar-refractivity contribution in [3.8, 4) is 6.07 Å². The van der Waals surface area contributed by atoms with E-state index in [1.807, 2.05) is 84.9 Å². The Kier molecular flexibility index (Phi) is 7.62. The van der Waals surface area contributed by atoms with Crippen LogP contribution in [0.3, 0.4) is 0 Å². The Morgan fingerprint density at radius 2 is 1.62 bits per heavy atom. The predicted molar refractivity (Wildman–Crippen MR) is 133 cm³/mol. The molecule has 1 aromatic heterocycles. The molecule has 0 radical (unpaired) electrons. The number of fused-ring (bicyclic) bond motifs is 1. The molecular weight excluding hydrogens is 394 g/mol. The van der Waals surface area contributed by atoms with E-state index in [1.54, 1.807) is 6.26 Å². The highest BCUT2D eigenvalue weighted by Gasteiger charge is 2.18. The van der Waals surface area contributed by atoms with Crippen LogP contribution in [0.15, 0.2) is 89.5 Å². The fraction of sp³-hybridized carbons (Fsp3) is 0.179. The lowest BCUT2D eigenvalue weighted by atomic mass is 9.84. The van der Waals surface area contributed by atoms with E-state index >= 15 is 0 Å². The number of allylic oxidation sites excluding steroid dienone is 1. The first kappa shape index (κ1) is 23.0. The highest BCUT2D eigenvalue weighted by molar-refractivity contribution is 5.89. The van der Waals surface area contributed by atoms with Gasteiger partial charge in [-0.3, -0.25) is 0 Å². The smallest absolute Gasteiger partial charge is 0.133 e. The topological polar surface area (TPSA) is 89.0 Å². The molecule has 162 valence electrons. The minimum Gasteiger partial charge on any atom is -0.464 e. The standard InChI is InChI=1S/C20H23N3.C8H6O/c1-20(2,14-23)19-9-7-17(8-10-19)18(13-22)11-15-3-5-16(12-21)6-4-15;1-2-4-8-7(3-1)5-6-9-8/h3-11H,12,14,21,23H2,1-2H3;1-6H/b18-11+;. The maximum atomic E-state index is 9.46. The van der Waals surface area contributed by atoms with Crippen molar-refractivity contribution in [2.24, 2.45) is 11.5 Å². The number of nitriles is 1. The maximum absolute atomic E-state index is 9.46. The van der Waals surface area contributed by atoms with Crippen LogP contribution in [0.5, 0.6) is 0 Å². The Bertz CT molecular complexity index is 1180. The number of benzene rings is 3. The molecule has 4 aromatic rings. The third-order valence-corrected chi connectivity index (χ3v) is 5.50. The third-order valence-electron chi connectivity index (χ3n) is 5.50. The van der Waals surface area contributed by atoms with E-state index < -0.39 is 0 Å². The molecule has 4 rings (SSSR count). The Balaban J connectivity index is 0.000000264. The Labute approximate surface area is 189 Å². The molecule has 4 nitrogen and oxygen atoms in total. The summed E-state index contributed by atoms with van der Waals surface area (Å²) in [5, 5.41) is 10.6. The van der Waals surface area contributed by atoms with Gasteiger partial charge >= 0.3 is 0 Å². The van der Waals surface area contributed by atoms with Gasteiger partial charge in [-0.2, -0.15) is 5.26 Å². The number of furan rings is 1. The van der Waals surface area contributed by atoms with Crippen molar-refractivity contribution in [3.05, 3.63) is 107 Å². The second-order valence-corrected chi connectivity index (χ2v) is 8.24. The molecule has 0 aliphatic carbocycles. The van der Waals surface area contributed by atoms with E-state index in [4.69, 9.17) is 15.9 Å². The average molecular weight is 424 g/mol. The third kappa shape index (κ3) is 5.73. The lowest BCUT2D eigenvalue weighted by Crippen LogP contribution is -2.27. The van der Waals surface area contributed by atoms with Crippen molar-refractivity contribution in [1.29, 1.82) is 5.26 Å². The zero-order valence-electron chi connectivity index (χ0n) is 18.6. The van der Waals surface area contributed by atoms with Gasteiger partial charge in [0.05, 0.1) is 17.9 Å². The fourth-order valence-electron chi connectivity index (χ4n) is 3.22. The minimum atomic E-state index is -0.0624. The number of nitrogens with two attached hydrogens (primary N) is 2. The average Bonchev–Trinajstić information content (AvgIpc) is 3.32. The van der Waals surface area contributed by atoms with Gasteiger partial charge in [0, 0.05) is 23.9 Å². The van der Waals surface area contributed by atoms with Crippen LogP contribution in [-0.4, -0.2) is 6.54 Å². The Morgan fingerprint density at radius 3 is 2.22 bits per heavy atom. The summed E-state index contributed by atoms with van der Waals surface area (Å²) in [4.78, 5) is 0. The predicted octanol–water partition coefficient (Wildman–Crippen LogP) is 5.88. The van der Waals surface area contributed by atoms with E-state index in [-0.39, 0.29) is 5.41 Å². The summed E-state index contributed by atoms with van der Waals surface area (Å²) in [7, 11) is 0. The molecule has 1 heterocycles.